The van der Waals surface area contributed by atoms with Crippen LogP contribution >= 0.6 is 43.2 Å². The van der Waals surface area contributed by atoms with Crippen LogP contribution in [0, 0.1) is 0 Å². The second kappa shape index (κ2) is 5.94. The number of halogens is 2. The molecule has 0 nitrogen and oxygen atoms in total. The first kappa shape index (κ1) is 15.6. The van der Waals surface area contributed by atoms with Crippen LogP contribution < -0.4 is 0 Å². The van der Waals surface area contributed by atoms with Crippen LogP contribution in [-0.4, -0.2) is 0 Å². The Morgan fingerprint density at radius 2 is 1.28 bits per heavy atom. The maximum atomic E-state index is 3.70. The van der Waals surface area contributed by atoms with Gasteiger partial charge >= 0.3 is 0 Å². The number of fused-ring (bicyclic) bond motifs is 4. The number of hydrogen-bond donors (Lipinski definition) is 0. The summed E-state index contributed by atoms with van der Waals surface area (Å²) in [5.74, 6) is 0. The fourth-order valence-corrected chi connectivity index (χ4v) is 6.15. The third kappa shape index (κ3) is 2.37. The lowest BCUT2D eigenvalue weighted by Gasteiger charge is -2.11. The Kier molecular flexibility index (Phi) is 3.70. The zero-order chi connectivity index (χ0) is 17.0. The highest BCUT2D eigenvalue weighted by molar-refractivity contribution is 9.11. The van der Waals surface area contributed by atoms with Crippen molar-refractivity contribution < 1.29 is 0 Å². The van der Waals surface area contributed by atoms with Crippen LogP contribution in [0.15, 0.2) is 81.7 Å². The van der Waals surface area contributed by atoms with Crippen LogP contribution in [0.25, 0.3) is 42.1 Å². The van der Waals surface area contributed by atoms with Crippen LogP contribution in [-0.2, 0) is 0 Å². The minimum atomic E-state index is 1.11. The Bertz CT molecular complexity index is 1260. The van der Waals surface area contributed by atoms with Crippen LogP contribution in [0.3, 0.4) is 0 Å². The molecule has 120 valence electrons. The molecule has 1 aromatic heterocycles. The highest BCUT2D eigenvalue weighted by Crippen LogP contribution is 2.43. The summed E-state index contributed by atoms with van der Waals surface area (Å²) in [4.78, 5) is 0. The molecule has 0 fully saturated rings. The van der Waals surface area contributed by atoms with Gasteiger partial charge in [-0.3, -0.25) is 0 Å². The normalized spacial score (nSPS) is 11.6. The van der Waals surface area contributed by atoms with Gasteiger partial charge in [0.2, 0.25) is 0 Å². The molecule has 0 saturated heterocycles. The average molecular weight is 468 g/mol. The molecule has 0 aliphatic rings. The molecule has 4 aromatic carbocycles. The molecule has 0 spiro atoms. The van der Waals surface area contributed by atoms with Crippen LogP contribution in [0.1, 0.15) is 0 Å². The zero-order valence-corrected chi connectivity index (χ0v) is 17.1. The Hall–Kier alpha value is -1.68. The summed E-state index contributed by atoms with van der Waals surface area (Å²) in [5.41, 5.74) is 2.57. The van der Waals surface area contributed by atoms with Crippen molar-refractivity contribution in [3.05, 3.63) is 81.7 Å². The van der Waals surface area contributed by atoms with Gasteiger partial charge in [0.15, 0.2) is 0 Å². The second-order valence-corrected chi connectivity index (χ2v) is 8.80. The SMILES string of the molecule is Brc1cccc2c(-c3cccc4c3sc3ccccc34)ccc(Br)c12. The van der Waals surface area contributed by atoms with E-state index in [0.717, 1.165) is 8.95 Å². The van der Waals surface area contributed by atoms with E-state index >= 15 is 0 Å². The predicted molar refractivity (Wildman–Crippen MR) is 118 cm³/mol. The lowest BCUT2D eigenvalue weighted by molar-refractivity contribution is 1.66. The molecule has 0 atom stereocenters. The summed E-state index contributed by atoms with van der Waals surface area (Å²) in [6.07, 6.45) is 0. The maximum Gasteiger partial charge on any atom is 0.0434 e. The van der Waals surface area contributed by atoms with E-state index in [-0.39, 0.29) is 0 Å². The first-order chi connectivity index (χ1) is 12.2. The summed E-state index contributed by atoms with van der Waals surface area (Å²) in [6.45, 7) is 0. The van der Waals surface area contributed by atoms with Crippen molar-refractivity contribution in [3.63, 3.8) is 0 Å². The van der Waals surface area contributed by atoms with Gasteiger partial charge in [-0.05, 0) is 29.1 Å². The van der Waals surface area contributed by atoms with Crippen LogP contribution in [0.2, 0.25) is 0 Å². The van der Waals surface area contributed by atoms with E-state index in [0.29, 0.717) is 0 Å². The van der Waals surface area contributed by atoms with E-state index in [9.17, 15) is 0 Å². The van der Waals surface area contributed by atoms with E-state index in [2.05, 4.69) is 105 Å². The molecule has 5 aromatic rings. The molecule has 5 rings (SSSR count). The van der Waals surface area contributed by atoms with Crippen LogP contribution in [0.5, 0.6) is 0 Å². The fourth-order valence-electron chi connectivity index (χ4n) is 3.52. The lowest BCUT2D eigenvalue weighted by Crippen LogP contribution is -1.84. The van der Waals surface area contributed by atoms with E-state index in [1.54, 1.807) is 0 Å². The van der Waals surface area contributed by atoms with E-state index in [1.807, 2.05) is 11.3 Å². The monoisotopic (exact) mass is 466 g/mol. The minimum absolute atomic E-state index is 1.11. The minimum Gasteiger partial charge on any atom is -0.135 e. The standard InChI is InChI=1S/C22H12Br2S/c23-18-9-4-6-15-13(11-12-19(24)21(15)18)16-7-3-8-17-14-5-1-2-10-20(14)25-22(16)17/h1-12H. The molecule has 0 aliphatic heterocycles. The van der Waals surface area contributed by atoms with Gasteiger partial charge in [0.25, 0.3) is 0 Å². The zero-order valence-electron chi connectivity index (χ0n) is 13.1. The molecular weight excluding hydrogens is 456 g/mol. The Morgan fingerprint density at radius 3 is 2.20 bits per heavy atom. The van der Waals surface area contributed by atoms with Gasteiger partial charge in [-0.1, -0.05) is 86.5 Å². The number of hydrogen-bond acceptors (Lipinski definition) is 1. The number of benzene rings is 4. The van der Waals surface area contributed by atoms with Crippen molar-refractivity contribution in [1.82, 2.24) is 0 Å². The molecule has 3 heteroatoms. The third-order valence-electron chi connectivity index (χ3n) is 4.63. The summed E-state index contributed by atoms with van der Waals surface area (Å²) in [6, 6.07) is 26.1. The van der Waals surface area contributed by atoms with Gasteiger partial charge in [0.05, 0.1) is 0 Å². The first-order valence-electron chi connectivity index (χ1n) is 8.01. The number of thiophene rings is 1. The molecule has 0 radical (unpaired) electrons. The van der Waals surface area contributed by atoms with Gasteiger partial charge < -0.3 is 0 Å². The highest BCUT2D eigenvalue weighted by Gasteiger charge is 2.14. The topological polar surface area (TPSA) is 0 Å². The summed E-state index contributed by atoms with van der Waals surface area (Å²) >= 11 is 9.29. The predicted octanol–water partition coefficient (Wildman–Crippen LogP) is 8.40. The second-order valence-electron chi connectivity index (χ2n) is 6.04. The van der Waals surface area contributed by atoms with E-state index < -0.39 is 0 Å². The van der Waals surface area contributed by atoms with E-state index in [4.69, 9.17) is 0 Å². The molecule has 1 heterocycles. The highest BCUT2D eigenvalue weighted by atomic mass is 79.9. The summed E-state index contributed by atoms with van der Waals surface area (Å²) in [5, 5.41) is 5.16. The largest absolute Gasteiger partial charge is 0.135 e. The van der Waals surface area contributed by atoms with Gasteiger partial charge in [0.1, 0.15) is 0 Å². The van der Waals surface area contributed by atoms with Gasteiger partial charge in [-0.25, -0.2) is 0 Å². The Balaban J connectivity index is 1.93. The number of rotatable bonds is 1. The van der Waals surface area contributed by atoms with Crippen LogP contribution in [0.4, 0.5) is 0 Å². The van der Waals surface area contributed by atoms with Crippen molar-refractivity contribution >= 4 is 74.1 Å². The molecule has 0 aliphatic carbocycles. The molecule has 0 unspecified atom stereocenters. The van der Waals surface area contributed by atoms with Crippen molar-refractivity contribution in [3.8, 4) is 11.1 Å². The van der Waals surface area contributed by atoms with Gasteiger partial charge in [-0.15, -0.1) is 11.3 Å². The third-order valence-corrected chi connectivity index (χ3v) is 7.17. The van der Waals surface area contributed by atoms with Crippen molar-refractivity contribution in [1.29, 1.82) is 0 Å². The maximum absolute atomic E-state index is 3.70. The molecule has 0 saturated carbocycles. The summed E-state index contributed by atoms with van der Waals surface area (Å²) in [7, 11) is 0. The van der Waals surface area contributed by atoms with Crippen molar-refractivity contribution in [2.75, 3.05) is 0 Å². The Labute approximate surface area is 166 Å². The van der Waals surface area contributed by atoms with Gasteiger partial charge in [0, 0.05) is 40.1 Å². The smallest absolute Gasteiger partial charge is 0.0434 e. The van der Waals surface area contributed by atoms with Crippen molar-refractivity contribution in [2.45, 2.75) is 0 Å². The quantitative estimate of drug-likeness (QED) is 0.232. The van der Waals surface area contributed by atoms with E-state index in [1.165, 1.54) is 42.1 Å². The Morgan fingerprint density at radius 1 is 0.560 bits per heavy atom. The lowest BCUT2D eigenvalue weighted by atomic mass is 9.97. The molecular formula is C22H12Br2S. The molecule has 0 N–H and O–H groups in total. The molecule has 25 heavy (non-hydrogen) atoms. The average Bonchev–Trinajstić information content (AvgIpc) is 3.01. The first-order valence-corrected chi connectivity index (χ1v) is 10.4. The summed E-state index contributed by atoms with van der Waals surface area (Å²) < 4.78 is 4.92. The molecule has 0 amide bonds. The van der Waals surface area contributed by atoms with Crippen molar-refractivity contribution in [2.24, 2.45) is 0 Å². The fraction of sp³-hybridized carbons (Fsp3) is 0. The molecule has 0 bridgehead atoms. The van der Waals surface area contributed by atoms with Gasteiger partial charge in [-0.2, -0.15) is 0 Å².